The molecule has 0 atom stereocenters. The largest absolute Gasteiger partial charge is 0.280 e. The lowest BCUT2D eigenvalue weighted by molar-refractivity contribution is 0.601. The molecule has 0 unspecified atom stereocenters. The standard InChI is InChI=1S/C12H8BrN3O2S/c13-9-1-3-10(4-2-9)16-19(17,18)12-6-5-11(7-14)15-8-12/h1-6,8,16H. The van der Waals surface area contributed by atoms with Gasteiger partial charge in [0.05, 0.1) is 0 Å². The zero-order valence-electron chi connectivity index (χ0n) is 9.54. The van der Waals surface area contributed by atoms with Crippen LogP contribution in [-0.2, 0) is 10.0 Å². The van der Waals surface area contributed by atoms with Crippen molar-refractivity contribution in [2.75, 3.05) is 4.72 Å². The van der Waals surface area contributed by atoms with Crippen LogP contribution in [-0.4, -0.2) is 13.4 Å². The van der Waals surface area contributed by atoms with Crippen LogP contribution in [0.5, 0.6) is 0 Å². The molecule has 1 aromatic carbocycles. The minimum absolute atomic E-state index is 0.00872. The van der Waals surface area contributed by atoms with Gasteiger partial charge in [0.25, 0.3) is 10.0 Å². The number of nitrogens with one attached hydrogen (secondary N) is 1. The first kappa shape index (κ1) is 13.5. The SMILES string of the molecule is N#Cc1ccc(S(=O)(=O)Nc2ccc(Br)cc2)cn1. The molecule has 19 heavy (non-hydrogen) atoms. The van der Waals surface area contributed by atoms with E-state index in [9.17, 15) is 8.42 Å². The molecule has 0 amide bonds. The maximum Gasteiger partial charge on any atom is 0.263 e. The summed E-state index contributed by atoms with van der Waals surface area (Å²) in [5.41, 5.74) is 0.621. The Bertz CT molecular complexity index is 719. The van der Waals surface area contributed by atoms with E-state index in [4.69, 9.17) is 5.26 Å². The van der Waals surface area contributed by atoms with Gasteiger partial charge in [-0.3, -0.25) is 4.72 Å². The third kappa shape index (κ3) is 3.30. The van der Waals surface area contributed by atoms with Crippen molar-refractivity contribution in [1.82, 2.24) is 4.98 Å². The molecule has 5 nitrogen and oxygen atoms in total. The number of halogens is 1. The lowest BCUT2D eigenvalue weighted by Crippen LogP contribution is -2.13. The third-order valence-electron chi connectivity index (χ3n) is 2.26. The molecule has 0 bridgehead atoms. The number of benzene rings is 1. The Kier molecular flexibility index (Phi) is 3.83. The van der Waals surface area contributed by atoms with E-state index in [1.807, 2.05) is 6.07 Å². The van der Waals surface area contributed by atoms with Gasteiger partial charge in [-0.1, -0.05) is 15.9 Å². The Balaban J connectivity index is 2.27. The summed E-state index contributed by atoms with van der Waals surface area (Å²) < 4.78 is 27.4. The zero-order chi connectivity index (χ0) is 13.9. The third-order valence-corrected chi connectivity index (χ3v) is 4.15. The molecule has 1 aromatic heterocycles. The van der Waals surface area contributed by atoms with Gasteiger partial charge in [0.1, 0.15) is 16.7 Å². The van der Waals surface area contributed by atoms with Crippen LogP contribution in [0.1, 0.15) is 5.69 Å². The molecule has 1 heterocycles. The van der Waals surface area contributed by atoms with Gasteiger partial charge in [0.15, 0.2) is 0 Å². The summed E-state index contributed by atoms with van der Waals surface area (Å²) in [7, 11) is -3.69. The second-order valence-corrected chi connectivity index (χ2v) is 6.20. The molecule has 0 spiro atoms. The zero-order valence-corrected chi connectivity index (χ0v) is 11.9. The van der Waals surface area contributed by atoms with E-state index in [0.29, 0.717) is 5.69 Å². The highest BCUT2D eigenvalue weighted by atomic mass is 79.9. The van der Waals surface area contributed by atoms with Crippen LogP contribution in [0, 0.1) is 11.3 Å². The van der Waals surface area contributed by atoms with Gasteiger partial charge in [-0.2, -0.15) is 5.26 Å². The van der Waals surface area contributed by atoms with E-state index in [2.05, 4.69) is 25.6 Å². The van der Waals surface area contributed by atoms with E-state index in [-0.39, 0.29) is 10.6 Å². The molecule has 0 aliphatic rings. The monoisotopic (exact) mass is 337 g/mol. The number of hydrogen-bond donors (Lipinski definition) is 1. The first-order valence-corrected chi connectivity index (χ1v) is 7.43. The summed E-state index contributed by atoms with van der Waals surface area (Å²) in [6.07, 6.45) is 1.15. The molecule has 96 valence electrons. The maximum absolute atomic E-state index is 12.0. The number of hydrogen-bond acceptors (Lipinski definition) is 4. The second-order valence-electron chi connectivity index (χ2n) is 3.60. The minimum atomic E-state index is -3.69. The highest BCUT2D eigenvalue weighted by molar-refractivity contribution is 9.10. The van der Waals surface area contributed by atoms with E-state index in [1.54, 1.807) is 24.3 Å². The molecule has 2 aromatic rings. The summed E-state index contributed by atoms with van der Waals surface area (Å²) >= 11 is 3.27. The van der Waals surface area contributed by atoms with Crippen LogP contribution in [0.2, 0.25) is 0 Å². The van der Waals surface area contributed by atoms with Gasteiger partial charge >= 0.3 is 0 Å². The number of rotatable bonds is 3. The van der Waals surface area contributed by atoms with Crippen molar-refractivity contribution < 1.29 is 8.42 Å². The summed E-state index contributed by atoms with van der Waals surface area (Å²) in [4.78, 5) is 3.74. The lowest BCUT2D eigenvalue weighted by Gasteiger charge is -2.07. The summed E-state index contributed by atoms with van der Waals surface area (Å²) in [5, 5.41) is 8.61. The van der Waals surface area contributed by atoms with Gasteiger partial charge in [-0.15, -0.1) is 0 Å². The Morgan fingerprint density at radius 1 is 1.16 bits per heavy atom. The summed E-state index contributed by atoms with van der Waals surface area (Å²) in [5.74, 6) is 0. The van der Waals surface area contributed by atoms with Crippen molar-refractivity contribution in [2.45, 2.75) is 4.90 Å². The van der Waals surface area contributed by atoms with Crippen LogP contribution >= 0.6 is 15.9 Å². The molecule has 0 radical (unpaired) electrons. The normalized spacial score (nSPS) is 10.7. The summed E-state index contributed by atoms with van der Waals surface area (Å²) in [6, 6.07) is 11.3. The van der Waals surface area contributed by atoms with Crippen molar-refractivity contribution in [3.63, 3.8) is 0 Å². The minimum Gasteiger partial charge on any atom is -0.280 e. The van der Waals surface area contributed by atoms with Gasteiger partial charge < -0.3 is 0 Å². The van der Waals surface area contributed by atoms with Crippen molar-refractivity contribution >= 4 is 31.6 Å². The predicted molar refractivity (Wildman–Crippen MR) is 73.9 cm³/mol. The van der Waals surface area contributed by atoms with Crippen LogP contribution in [0.25, 0.3) is 0 Å². The fraction of sp³-hybridized carbons (Fsp3) is 0. The lowest BCUT2D eigenvalue weighted by atomic mass is 10.3. The van der Waals surface area contributed by atoms with Crippen LogP contribution in [0.4, 0.5) is 5.69 Å². The Morgan fingerprint density at radius 2 is 1.84 bits per heavy atom. The van der Waals surface area contributed by atoms with Crippen LogP contribution in [0.3, 0.4) is 0 Å². The second kappa shape index (κ2) is 5.38. The average molecular weight is 338 g/mol. The molecule has 0 aliphatic carbocycles. The summed E-state index contributed by atoms with van der Waals surface area (Å²) in [6.45, 7) is 0. The van der Waals surface area contributed by atoms with E-state index < -0.39 is 10.0 Å². The Labute approximate surface area is 119 Å². The molecular formula is C12H8BrN3O2S. The number of pyridine rings is 1. The number of aromatic nitrogens is 1. The van der Waals surface area contributed by atoms with Gasteiger partial charge in [-0.05, 0) is 36.4 Å². The quantitative estimate of drug-likeness (QED) is 0.932. The number of nitriles is 1. The maximum atomic E-state index is 12.0. The number of nitrogens with zero attached hydrogens (tertiary/aromatic N) is 2. The van der Waals surface area contributed by atoms with Crippen LogP contribution < -0.4 is 4.72 Å². The van der Waals surface area contributed by atoms with Gasteiger partial charge in [0, 0.05) is 16.4 Å². The highest BCUT2D eigenvalue weighted by Gasteiger charge is 2.14. The molecule has 2 rings (SSSR count). The molecule has 0 saturated carbocycles. The Hall–Kier alpha value is -1.91. The molecule has 1 N–H and O–H groups in total. The predicted octanol–water partition coefficient (Wildman–Crippen LogP) is 2.52. The highest BCUT2D eigenvalue weighted by Crippen LogP contribution is 2.18. The molecule has 7 heteroatoms. The number of anilines is 1. The van der Waals surface area contributed by atoms with Gasteiger partial charge in [0.2, 0.25) is 0 Å². The van der Waals surface area contributed by atoms with Crippen molar-refractivity contribution in [2.24, 2.45) is 0 Å². The smallest absolute Gasteiger partial charge is 0.263 e. The van der Waals surface area contributed by atoms with E-state index in [0.717, 1.165) is 10.7 Å². The first-order valence-electron chi connectivity index (χ1n) is 5.16. The molecular weight excluding hydrogens is 330 g/mol. The van der Waals surface area contributed by atoms with Gasteiger partial charge in [-0.25, -0.2) is 13.4 Å². The first-order chi connectivity index (χ1) is 9.01. The molecule has 0 aliphatic heterocycles. The fourth-order valence-corrected chi connectivity index (χ4v) is 2.60. The average Bonchev–Trinajstić information content (AvgIpc) is 2.41. The van der Waals surface area contributed by atoms with Crippen molar-refractivity contribution in [3.05, 3.63) is 52.8 Å². The van der Waals surface area contributed by atoms with Crippen molar-refractivity contribution in [1.29, 1.82) is 5.26 Å². The van der Waals surface area contributed by atoms with E-state index in [1.165, 1.54) is 12.1 Å². The number of sulfonamides is 1. The van der Waals surface area contributed by atoms with E-state index >= 15 is 0 Å². The fourth-order valence-electron chi connectivity index (χ4n) is 1.34. The van der Waals surface area contributed by atoms with Crippen LogP contribution in [0.15, 0.2) is 52.0 Å². The molecule has 0 fully saturated rings. The topological polar surface area (TPSA) is 82.8 Å². The van der Waals surface area contributed by atoms with Crippen molar-refractivity contribution in [3.8, 4) is 6.07 Å². The molecule has 0 saturated heterocycles. The Morgan fingerprint density at radius 3 is 2.37 bits per heavy atom.